The Morgan fingerprint density at radius 1 is 0.400 bits per heavy atom. The summed E-state index contributed by atoms with van der Waals surface area (Å²) in [4.78, 5) is 0. The van der Waals surface area contributed by atoms with E-state index in [0.717, 1.165) is 5.02 Å². The van der Waals surface area contributed by atoms with Crippen molar-refractivity contribution in [1.29, 1.82) is 0 Å². The smallest absolute Gasteiger partial charge is 0.0406 e. The molecule has 1 heteroatoms. The van der Waals surface area contributed by atoms with Crippen LogP contribution >= 0.6 is 11.6 Å². The molecule has 0 saturated carbocycles. The Morgan fingerprint density at radius 3 is 1.27 bits per heavy atom. The molecule has 0 unspecified atom stereocenters. The van der Waals surface area contributed by atoms with Crippen LogP contribution in [-0.2, 0) is 0 Å². The molecule has 30 heavy (non-hydrogen) atoms. The van der Waals surface area contributed by atoms with Gasteiger partial charge in [-0.25, -0.2) is 0 Å². The van der Waals surface area contributed by atoms with Gasteiger partial charge < -0.3 is 0 Å². The van der Waals surface area contributed by atoms with E-state index in [1.807, 2.05) is 12.1 Å². The summed E-state index contributed by atoms with van der Waals surface area (Å²) in [6, 6.07) is 38.8. The molecule has 0 nitrogen and oxygen atoms in total. The first kappa shape index (κ1) is 18.7. The predicted molar refractivity (Wildman–Crippen MR) is 130 cm³/mol. The average molecular weight is 405 g/mol. The lowest BCUT2D eigenvalue weighted by atomic mass is 9.96. The van der Waals surface area contributed by atoms with Crippen LogP contribution in [0.15, 0.2) is 109 Å². The number of benzene rings is 5. The number of hydrogen-bond acceptors (Lipinski definition) is 0. The van der Waals surface area contributed by atoms with Gasteiger partial charge in [0, 0.05) is 5.02 Å². The van der Waals surface area contributed by atoms with Crippen molar-refractivity contribution in [3.63, 3.8) is 0 Å². The maximum absolute atomic E-state index is 6.04. The molecular formula is C29H21Cl. The Kier molecular flexibility index (Phi) is 4.86. The maximum Gasteiger partial charge on any atom is 0.0406 e. The zero-order valence-electron chi connectivity index (χ0n) is 16.8. The SMILES string of the molecule is Cc1ccc(-c2ccc(-c3ccc4ccc(-c5ccc(Cl)cc5)cc4c3)cc2)cc1. The van der Waals surface area contributed by atoms with Gasteiger partial charge in [0.2, 0.25) is 0 Å². The fourth-order valence-electron chi connectivity index (χ4n) is 3.85. The van der Waals surface area contributed by atoms with E-state index in [1.54, 1.807) is 0 Å². The van der Waals surface area contributed by atoms with E-state index < -0.39 is 0 Å². The lowest BCUT2D eigenvalue weighted by Crippen LogP contribution is -1.83. The molecule has 0 atom stereocenters. The molecular weight excluding hydrogens is 384 g/mol. The Balaban J connectivity index is 1.49. The Labute approximate surface area is 182 Å². The second-order valence-electron chi connectivity index (χ2n) is 7.73. The van der Waals surface area contributed by atoms with Crippen molar-refractivity contribution in [3.8, 4) is 33.4 Å². The zero-order valence-corrected chi connectivity index (χ0v) is 17.5. The number of rotatable bonds is 3. The van der Waals surface area contributed by atoms with E-state index in [4.69, 9.17) is 11.6 Å². The average Bonchev–Trinajstić information content (AvgIpc) is 2.79. The van der Waals surface area contributed by atoms with Crippen LogP contribution in [0, 0.1) is 6.92 Å². The molecule has 0 aliphatic carbocycles. The minimum absolute atomic E-state index is 0.760. The van der Waals surface area contributed by atoms with Crippen molar-refractivity contribution in [2.24, 2.45) is 0 Å². The molecule has 0 bridgehead atoms. The molecule has 5 aromatic carbocycles. The Morgan fingerprint density at radius 2 is 0.767 bits per heavy atom. The van der Waals surface area contributed by atoms with Crippen LogP contribution in [-0.4, -0.2) is 0 Å². The lowest BCUT2D eigenvalue weighted by Gasteiger charge is -2.09. The molecule has 0 aliphatic heterocycles. The predicted octanol–water partition coefficient (Wildman–Crippen LogP) is 8.80. The van der Waals surface area contributed by atoms with Gasteiger partial charge in [-0.2, -0.15) is 0 Å². The van der Waals surface area contributed by atoms with Gasteiger partial charge in [-0.05, 0) is 75.3 Å². The zero-order chi connectivity index (χ0) is 20.5. The molecule has 0 N–H and O–H groups in total. The van der Waals surface area contributed by atoms with Gasteiger partial charge in [0.15, 0.2) is 0 Å². The third-order valence-corrected chi connectivity index (χ3v) is 5.87. The van der Waals surface area contributed by atoms with Gasteiger partial charge >= 0.3 is 0 Å². The Bertz CT molecular complexity index is 1310. The maximum atomic E-state index is 6.04. The summed E-state index contributed by atoms with van der Waals surface area (Å²) in [6.07, 6.45) is 0. The first-order chi connectivity index (χ1) is 14.7. The van der Waals surface area contributed by atoms with Crippen LogP contribution in [0.2, 0.25) is 5.02 Å². The third kappa shape index (κ3) is 3.75. The normalized spacial score (nSPS) is 11.0. The molecule has 5 rings (SSSR count). The summed E-state index contributed by atoms with van der Waals surface area (Å²) in [5.41, 5.74) is 8.60. The summed E-state index contributed by atoms with van der Waals surface area (Å²) in [5, 5.41) is 3.24. The van der Waals surface area contributed by atoms with E-state index >= 15 is 0 Å². The number of aryl methyl sites for hydroxylation is 1. The minimum Gasteiger partial charge on any atom is -0.0843 e. The van der Waals surface area contributed by atoms with Crippen molar-refractivity contribution in [3.05, 3.63) is 120 Å². The molecule has 0 aromatic heterocycles. The first-order valence-corrected chi connectivity index (χ1v) is 10.5. The van der Waals surface area contributed by atoms with E-state index in [-0.39, 0.29) is 0 Å². The number of fused-ring (bicyclic) bond motifs is 1. The monoisotopic (exact) mass is 404 g/mol. The highest BCUT2D eigenvalue weighted by Crippen LogP contribution is 2.30. The lowest BCUT2D eigenvalue weighted by molar-refractivity contribution is 1.47. The topological polar surface area (TPSA) is 0 Å². The highest BCUT2D eigenvalue weighted by molar-refractivity contribution is 6.30. The van der Waals surface area contributed by atoms with E-state index in [9.17, 15) is 0 Å². The van der Waals surface area contributed by atoms with Crippen LogP contribution in [0.4, 0.5) is 0 Å². The molecule has 0 saturated heterocycles. The van der Waals surface area contributed by atoms with Gasteiger partial charge in [0.25, 0.3) is 0 Å². The molecule has 0 fully saturated rings. The number of halogens is 1. The van der Waals surface area contributed by atoms with E-state index in [0.29, 0.717) is 0 Å². The van der Waals surface area contributed by atoms with Gasteiger partial charge in [-0.1, -0.05) is 102 Å². The van der Waals surface area contributed by atoms with Crippen molar-refractivity contribution < 1.29 is 0 Å². The molecule has 0 spiro atoms. The summed E-state index contributed by atoms with van der Waals surface area (Å²) in [7, 11) is 0. The highest BCUT2D eigenvalue weighted by Gasteiger charge is 2.04. The summed E-state index contributed by atoms with van der Waals surface area (Å²) >= 11 is 6.04. The van der Waals surface area contributed by atoms with Crippen LogP contribution < -0.4 is 0 Å². The van der Waals surface area contributed by atoms with E-state index in [1.165, 1.54) is 49.7 Å². The van der Waals surface area contributed by atoms with Crippen molar-refractivity contribution >= 4 is 22.4 Å². The molecule has 5 aromatic rings. The summed E-state index contributed by atoms with van der Waals surface area (Å²) < 4.78 is 0. The molecule has 0 aliphatic rings. The minimum atomic E-state index is 0.760. The van der Waals surface area contributed by atoms with Crippen LogP contribution in [0.1, 0.15) is 5.56 Å². The third-order valence-electron chi connectivity index (χ3n) is 5.62. The standard InChI is InChI=1S/C29H21Cl/c1-20-2-4-21(5-3-20)22-6-8-23(9-7-22)26-12-10-25-11-13-27(19-28(25)18-26)24-14-16-29(30)17-15-24/h2-19H,1H3. The first-order valence-electron chi connectivity index (χ1n) is 10.1. The van der Waals surface area contributed by atoms with Crippen molar-refractivity contribution in [2.75, 3.05) is 0 Å². The largest absolute Gasteiger partial charge is 0.0843 e. The summed E-state index contributed by atoms with van der Waals surface area (Å²) in [5.74, 6) is 0. The number of hydrogen-bond donors (Lipinski definition) is 0. The Hall–Kier alpha value is -3.35. The van der Waals surface area contributed by atoms with Gasteiger partial charge in [-0.15, -0.1) is 0 Å². The molecule has 0 heterocycles. The van der Waals surface area contributed by atoms with Crippen LogP contribution in [0.5, 0.6) is 0 Å². The van der Waals surface area contributed by atoms with Crippen molar-refractivity contribution in [1.82, 2.24) is 0 Å². The second-order valence-corrected chi connectivity index (χ2v) is 8.16. The van der Waals surface area contributed by atoms with Crippen molar-refractivity contribution in [2.45, 2.75) is 6.92 Å². The van der Waals surface area contributed by atoms with Crippen LogP contribution in [0.25, 0.3) is 44.2 Å². The van der Waals surface area contributed by atoms with E-state index in [2.05, 4.69) is 104 Å². The van der Waals surface area contributed by atoms with Gasteiger partial charge in [0.05, 0.1) is 0 Å². The second kappa shape index (κ2) is 7.82. The quantitative estimate of drug-likeness (QED) is 0.282. The van der Waals surface area contributed by atoms with Gasteiger partial charge in [0.1, 0.15) is 0 Å². The highest BCUT2D eigenvalue weighted by atomic mass is 35.5. The molecule has 0 amide bonds. The molecule has 144 valence electrons. The van der Waals surface area contributed by atoms with Crippen LogP contribution in [0.3, 0.4) is 0 Å². The summed E-state index contributed by atoms with van der Waals surface area (Å²) in [6.45, 7) is 2.12. The fourth-order valence-corrected chi connectivity index (χ4v) is 3.98. The fraction of sp³-hybridized carbons (Fsp3) is 0.0345. The molecule has 0 radical (unpaired) electrons. The van der Waals surface area contributed by atoms with Gasteiger partial charge in [-0.3, -0.25) is 0 Å².